The Bertz CT molecular complexity index is 985. The average molecular weight is 431 g/mol. The number of amides is 1. The van der Waals surface area contributed by atoms with Crippen molar-refractivity contribution in [1.82, 2.24) is 19.2 Å². The van der Waals surface area contributed by atoms with Gasteiger partial charge < -0.3 is 9.88 Å². The molecule has 0 unspecified atom stereocenters. The molecule has 1 amide bonds. The summed E-state index contributed by atoms with van der Waals surface area (Å²) in [5.74, 6) is 0.559. The van der Waals surface area contributed by atoms with E-state index in [1.807, 2.05) is 6.07 Å². The molecule has 4 rings (SSSR count). The second-order valence-electron chi connectivity index (χ2n) is 8.63. The predicted octanol–water partition coefficient (Wildman–Crippen LogP) is 2.37. The highest BCUT2D eigenvalue weighted by Gasteiger charge is 2.40. The predicted molar refractivity (Wildman–Crippen MR) is 114 cm³/mol. The second kappa shape index (κ2) is 8.15. The summed E-state index contributed by atoms with van der Waals surface area (Å²) >= 11 is 0. The van der Waals surface area contributed by atoms with Gasteiger partial charge in [0.25, 0.3) is 10.0 Å². The van der Waals surface area contributed by atoms with Gasteiger partial charge in [0.05, 0.1) is 0 Å². The SMILES string of the molecule is Cc1nc(S(=O)(=O)N2CCC(C(=O)NCC3(c4ccccc4)CCC3)CC2)cn1C. The van der Waals surface area contributed by atoms with Gasteiger partial charge in [-0.05, 0) is 38.2 Å². The van der Waals surface area contributed by atoms with Crippen molar-refractivity contribution in [2.45, 2.75) is 49.5 Å². The maximum Gasteiger partial charge on any atom is 0.262 e. The maximum atomic E-state index is 12.8. The van der Waals surface area contributed by atoms with Crippen LogP contribution < -0.4 is 5.32 Å². The van der Waals surface area contributed by atoms with Crippen molar-refractivity contribution in [2.24, 2.45) is 13.0 Å². The number of carbonyl (C=O) groups excluding carboxylic acids is 1. The Morgan fingerprint density at radius 3 is 2.40 bits per heavy atom. The number of imidazole rings is 1. The van der Waals surface area contributed by atoms with E-state index in [1.165, 1.54) is 16.3 Å². The van der Waals surface area contributed by atoms with Gasteiger partial charge in [-0.2, -0.15) is 4.31 Å². The van der Waals surface area contributed by atoms with E-state index in [1.54, 1.807) is 24.7 Å². The summed E-state index contributed by atoms with van der Waals surface area (Å²) in [7, 11) is -1.83. The Balaban J connectivity index is 1.33. The van der Waals surface area contributed by atoms with Gasteiger partial charge in [0.2, 0.25) is 5.91 Å². The minimum absolute atomic E-state index is 0.0444. The van der Waals surface area contributed by atoms with Crippen LogP contribution in [0.15, 0.2) is 41.6 Å². The number of sulfonamides is 1. The third-order valence-corrected chi connectivity index (χ3v) is 8.58. The number of nitrogens with one attached hydrogen (secondary N) is 1. The first-order valence-electron chi connectivity index (χ1n) is 10.7. The molecule has 0 atom stereocenters. The van der Waals surface area contributed by atoms with E-state index in [2.05, 4.69) is 34.6 Å². The maximum absolute atomic E-state index is 12.8. The summed E-state index contributed by atoms with van der Waals surface area (Å²) in [4.78, 5) is 17.0. The van der Waals surface area contributed by atoms with Crippen LogP contribution in [-0.4, -0.2) is 47.8 Å². The molecular formula is C22H30N4O3S. The quantitative estimate of drug-likeness (QED) is 0.763. The molecule has 1 aliphatic heterocycles. The molecule has 1 saturated heterocycles. The first-order chi connectivity index (χ1) is 14.3. The van der Waals surface area contributed by atoms with Gasteiger partial charge in [-0.3, -0.25) is 4.79 Å². The Labute approximate surface area is 178 Å². The fourth-order valence-corrected chi connectivity index (χ4v) is 6.00. The third-order valence-electron chi connectivity index (χ3n) is 6.81. The summed E-state index contributed by atoms with van der Waals surface area (Å²) in [6.45, 7) is 3.13. The van der Waals surface area contributed by atoms with Gasteiger partial charge in [-0.1, -0.05) is 36.8 Å². The zero-order valence-corrected chi connectivity index (χ0v) is 18.5. The monoisotopic (exact) mass is 430 g/mol. The summed E-state index contributed by atoms with van der Waals surface area (Å²) in [5, 5.41) is 3.25. The van der Waals surface area contributed by atoms with Crippen molar-refractivity contribution in [3.8, 4) is 0 Å². The third kappa shape index (κ3) is 3.90. The standard InChI is InChI=1S/C22H30N4O3S/c1-17-24-20(15-25(17)2)30(28,29)26-13-9-18(10-14-26)21(27)23-16-22(11-6-12-22)19-7-4-3-5-8-19/h3-5,7-8,15,18H,6,9-14,16H2,1-2H3,(H,23,27). The Hall–Kier alpha value is -2.19. The molecule has 2 aromatic rings. The lowest BCUT2D eigenvalue weighted by atomic mass is 9.64. The van der Waals surface area contributed by atoms with Crippen LogP contribution in [0, 0.1) is 12.8 Å². The molecule has 1 aromatic heterocycles. The molecule has 162 valence electrons. The van der Waals surface area contributed by atoms with Crippen molar-refractivity contribution < 1.29 is 13.2 Å². The zero-order chi connectivity index (χ0) is 21.4. The van der Waals surface area contributed by atoms with Gasteiger partial charge in [-0.25, -0.2) is 13.4 Å². The molecule has 0 bridgehead atoms. The number of carbonyl (C=O) groups is 1. The average Bonchev–Trinajstić information content (AvgIpc) is 3.07. The van der Waals surface area contributed by atoms with Gasteiger partial charge in [0, 0.05) is 44.2 Å². The summed E-state index contributed by atoms with van der Waals surface area (Å²) in [5.41, 5.74) is 1.35. The molecule has 1 aliphatic carbocycles. The topological polar surface area (TPSA) is 84.3 Å². The highest BCUT2D eigenvalue weighted by atomic mass is 32.2. The molecule has 2 fully saturated rings. The molecule has 7 nitrogen and oxygen atoms in total. The van der Waals surface area contributed by atoms with Crippen molar-refractivity contribution in [2.75, 3.05) is 19.6 Å². The van der Waals surface area contributed by atoms with E-state index in [9.17, 15) is 13.2 Å². The number of aryl methyl sites for hydroxylation is 2. The highest BCUT2D eigenvalue weighted by Crippen LogP contribution is 2.43. The van der Waals surface area contributed by atoms with E-state index in [0.717, 1.165) is 12.8 Å². The molecule has 0 radical (unpaired) electrons. The van der Waals surface area contributed by atoms with Crippen LogP contribution >= 0.6 is 0 Å². The minimum Gasteiger partial charge on any atom is -0.355 e. The van der Waals surface area contributed by atoms with Crippen LogP contribution in [0.3, 0.4) is 0 Å². The van der Waals surface area contributed by atoms with Gasteiger partial charge in [0.1, 0.15) is 5.82 Å². The van der Waals surface area contributed by atoms with Crippen LogP contribution in [0.1, 0.15) is 43.5 Å². The first kappa shape index (κ1) is 21.1. The fraction of sp³-hybridized carbons (Fsp3) is 0.545. The number of nitrogens with zero attached hydrogens (tertiary/aromatic N) is 3. The largest absolute Gasteiger partial charge is 0.355 e. The molecule has 8 heteroatoms. The van der Waals surface area contributed by atoms with Gasteiger partial charge in [0.15, 0.2) is 5.03 Å². The molecule has 1 N–H and O–H groups in total. The smallest absolute Gasteiger partial charge is 0.262 e. The van der Waals surface area contributed by atoms with Crippen LogP contribution in [0.5, 0.6) is 0 Å². The number of hydrogen-bond donors (Lipinski definition) is 1. The Kier molecular flexibility index (Phi) is 5.72. The summed E-state index contributed by atoms with van der Waals surface area (Å²) in [6.07, 6.45) is 6.00. The normalized spacial score (nSPS) is 19.9. The van der Waals surface area contributed by atoms with Crippen molar-refractivity contribution >= 4 is 15.9 Å². The molecule has 30 heavy (non-hydrogen) atoms. The van der Waals surface area contributed by atoms with Crippen LogP contribution in [0.4, 0.5) is 0 Å². The van der Waals surface area contributed by atoms with E-state index in [4.69, 9.17) is 0 Å². The van der Waals surface area contributed by atoms with Crippen molar-refractivity contribution in [3.63, 3.8) is 0 Å². The van der Waals surface area contributed by atoms with Crippen molar-refractivity contribution in [3.05, 3.63) is 47.9 Å². The molecule has 2 heterocycles. The lowest BCUT2D eigenvalue weighted by molar-refractivity contribution is -0.126. The fourth-order valence-electron chi connectivity index (χ4n) is 4.50. The van der Waals surface area contributed by atoms with E-state index in [-0.39, 0.29) is 22.3 Å². The van der Waals surface area contributed by atoms with Gasteiger partial charge in [-0.15, -0.1) is 0 Å². The van der Waals surface area contributed by atoms with Crippen LogP contribution in [0.2, 0.25) is 0 Å². The van der Waals surface area contributed by atoms with Crippen molar-refractivity contribution in [1.29, 1.82) is 0 Å². The molecule has 0 spiro atoms. The van der Waals surface area contributed by atoms with Crippen LogP contribution in [0.25, 0.3) is 0 Å². The zero-order valence-electron chi connectivity index (χ0n) is 17.7. The molecule has 2 aliphatic rings. The first-order valence-corrected chi connectivity index (χ1v) is 12.1. The molecule has 1 saturated carbocycles. The number of rotatable bonds is 6. The van der Waals surface area contributed by atoms with Gasteiger partial charge >= 0.3 is 0 Å². The number of piperidine rings is 1. The van der Waals surface area contributed by atoms with Crippen LogP contribution in [-0.2, 0) is 27.3 Å². The second-order valence-corrected chi connectivity index (χ2v) is 10.5. The summed E-state index contributed by atoms with van der Waals surface area (Å²) < 4.78 is 28.8. The van der Waals surface area contributed by atoms with E-state index < -0.39 is 10.0 Å². The number of benzene rings is 1. The number of aromatic nitrogens is 2. The molecule has 1 aromatic carbocycles. The summed E-state index contributed by atoms with van der Waals surface area (Å²) in [6, 6.07) is 10.4. The lowest BCUT2D eigenvalue weighted by Gasteiger charge is -2.43. The highest BCUT2D eigenvalue weighted by molar-refractivity contribution is 7.89. The lowest BCUT2D eigenvalue weighted by Crippen LogP contribution is -2.48. The Morgan fingerprint density at radius 2 is 1.87 bits per heavy atom. The molecular weight excluding hydrogens is 400 g/mol. The van der Waals surface area contributed by atoms with E-state index >= 15 is 0 Å². The Morgan fingerprint density at radius 1 is 1.20 bits per heavy atom. The minimum atomic E-state index is -3.61. The number of hydrogen-bond acceptors (Lipinski definition) is 4. The van der Waals surface area contributed by atoms with E-state index in [0.29, 0.717) is 38.3 Å².